The Kier molecular flexibility index (Phi) is 6.70. The zero-order valence-corrected chi connectivity index (χ0v) is 15.7. The minimum absolute atomic E-state index is 0.0701. The molecule has 0 radical (unpaired) electrons. The van der Waals surface area contributed by atoms with E-state index in [9.17, 15) is 4.79 Å². The Hall–Kier alpha value is -2.21. The van der Waals surface area contributed by atoms with Gasteiger partial charge in [-0.05, 0) is 24.5 Å². The molecule has 0 fully saturated rings. The van der Waals surface area contributed by atoms with Crippen LogP contribution >= 0.6 is 11.6 Å². The Morgan fingerprint density at radius 3 is 2.72 bits per heavy atom. The van der Waals surface area contributed by atoms with Crippen LogP contribution in [0.5, 0.6) is 5.88 Å². The van der Waals surface area contributed by atoms with Crippen LogP contribution in [0.25, 0.3) is 0 Å². The summed E-state index contributed by atoms with van der Waals surface area (Å²) in [6, 6.07) is 5.37. The quantitative estimate of drug-likeness (QED) is 0.681. The summed E-state index contributed by atoms with van der Waals surface area (Å²) < 4.78 is 5.37. The fourth-order valence-corrected chi connectivity index (χ4v) is 2.53. The fourth-order valence-electron chi connectivity index (χ4n) is 2.39. The topological polar surface area (TPSA) is 77.0 Å². The number of ketones is 1. The van der Waals surface area contributed by atoms with Crippen LogP contribution in [0.4, 0.5) is 11.5 Å². The Morgan fingerprint density at radius 2 is 2.08 bits per heavy atom. The van der Waals surface area contributed by atoms with Crippen molar-refractivity contribution >= 4 is 28.9 Å². The molecule has 0 bridgehead atoms. The molecule has 134 valence electrons. The van der Waals surface area contributed by atoms with Gasteiger partial charge in [0.25, 0.3) is 0 Å². The van der Waals surface area contributed by atoms with Crippen molar-refractivity contribution in [3.8, 4) is 5.88 Å². The van der Waals surface area contributed by atoms with Crippen LogP contribution in [0.1, 0.15) is 62.0 Å². The Morgan fingerprint density at radius 1 is 1.32 bits per heavy atom. The maximum Gasteiger partial charge on any atom is 0.218 e. The number of aromatic nitrogens is 3. The number of carbonyl (C=O) groups is 1. The van der Waals surface area contributed by atoms with Crippen LogP contribution in [0.3, 0.4) is 0 Å². The lowest BCUT2D eigenvalue weighted by Gasteiger charge is -2.14. The van der Waals surface area contributed by atoms with Gasteiger partial charge in [0.2, 0.25) is 5.88 Å². The largest absolute Gasteiger partial charge is 0.481 e. The van der Waals surface area contributed by atoms with Crippen LogP contribution in [0, 0.1) is 0 Å². The maximum absolute atomic E-state index is 12.4. The molecule has 0 aliphatic carbocycles. The van der Waals surface area contributed by atoms with Gasteiger partial charge in [-0.2, -0.15) is 4.98 Å². The first-order chi connectivity index (χ1) is 12.0. The van der Waals surface area contributed by atoms with E-state index in [1.807, 2.05) is 19.1 Å². The van der Waals surface area contributed by atoms with Crippen molar-refractivity contribution in [1.82, 2.24) is 15.2 Å². The number of halogens is 1. The summed E-state index contributed by atoms with van der Waals surface area (Å²) >= 11 is 5.95. The molecule has 0 saturated carbocycles. The number of carbonyl (C=O) groups excluding carboxylic acids is 1. The standard InChI is InChI=1S/C18H23ClN4O2/c1-5-6-7-14(24)17-13(10-15(19)22-23-17)20-16-9-8-12(11(2)3)18(21-16)25-4/h8-11H,5-7H2,1-4H3,(H,20,21,22). The highest BCUT2D eigenvalue weighted by Crippen LogP contribution is 2.28. The van der Waals surface area contributed by atoms with Crippen molar-refractivity contribution in [3.63, 3.8) is 0 Å². The summed E-state index contributed by atoms with van der Waals surface area (Å²) in [5.41, 5.74) is 1.78. The summed E-state index contributed by atoms with van der Waals surface area (Å²) in [6.07, 6.45) is 2.16. The van der Waals surface area contributed by atoms with Gasteiger partial charge in [0, 0.05) is 18.1 Å². The molecule has 0 aromatic carbocycles. The second-order valence-corrected chi connectivity index (χ2v) is 6.42. The lowest BCUT2D eigenvalue weighted by molar-refractivity contribution is 0.0975. The first-order valence-corrected chi connectivity index (χ1v) is 8.72. The number of unbranched alkanes of at least 4 members (excludes halogenated alkanes) is 1. The minimum Gasteiger partial charge on any atom is -0.481 e. The zero-order chi connectivity index (χ0) is 18.4. The molecule has 0 aliphatic heterocycles. The van der Waals surface area contributed by atoms with E-state index in [2.05, 4.69) is 34.3 Å². The highest BCUT2D eigenvalue weighted by Gasteiger charge is 2.16. The van der Waals surface area contributed by atoms with E-state index >= 15 is 0 Å². The number of hydrogen-bond donors (Lipinski definition) is 1. The van der Waals surface area contributed by atoms with Crippen LogP contribution in [-0.2, 0) is 0 Å². The summed E-state index contributed by atoms with van der Waals surface area (Å²) in [4.78, 5) is 16.8. The molecule has 0 unspecified atom stereocenters. The number of Topliss-reactive ketones (excluding diaryl/α,β-unsaturated/α-hetero) is 1. The molecule has 0 amide bonds. The van der Waals surface area contributed by atoms with Gasteiger partial charge in [-0.1, -0.05) is 38.8 Å². The van der Waals surface area contributed by atoms with Gasteiger partial charge in [0.1, 0.15) is 5.82 Å². The first kappa shape index (κ1) is 19.1. The van der Waals surface area contributed by atoms with Gasteiger partial charge in [-0.15, -0.1) is 10.2 Å². The van der Waals surface area contributed by atoms with Crippen molar-refractivity contribution < 1.29 is 9.53 Å². The molecule has 7 heteroatoms. The molecule has 0 spiro atoms. The first-order valence-electron chi connectivity index (χ1n) is 8.34. The smallest absolute Gasteiger partial charge is 0.218 e. The molecule has 2 rings (SSSR count). The van der Waals surface area contributed by atoms with Crippen molar-refractivity contribution in [2.75, 3.05) is 12.4 Å². The number of pyridine rings is 1. The van der Waals surface area contributed by atoms with E-state index in [1.54, 1.807) is 13.2 Å². The molecule has 25 heavy (non-hydrogen) atoms. The molecule has 1 N–H and O–H groups in total. The van der Waals surface area contributed by atoms with Crippen LogP contribution in [-0.4, -0.2) is 28.1 Å². The molecule has 0 saturated heterocycles. The number of methoxy groups -OCH3 is 1. The van der Waals surface area contributed by atoms with E-state index in [0.29, 0.717) is 29.7 Å². The van der Waals surface area contributed by atoms with Crippen molar-refractivity contribution in [2.24, 2.45) is 0 Å². The summed E-state index contributed by atoms with van der Waals surface area (Å²) in [5, 5.41) is 11.1. The molecule has 6 nitrogen and oxygen atoms in total. The number of ether oxygens (including phenoxy) is 1. The van der Waals surface area contributed by atoms with Crippen LogP contribution in [0.15, 0.2) is 18.2 Å². The van der Waals surface area contributed by atoms with E-state index in [4.69, 9.17) is 16.3 Å². The van der Waals surface area contributed by atoms with E-state index in [1.165, 1.54) is 0 Å². The number of anilines is 2. The Labute approximate surface area is 153 Å². The third kappa shape index (κ3) is 4.89. The summed E-state index contributed by atoms with van der Waals surface area (Å²) in [6.45, 7) is 6.18. The van der Waals surface area contributed by atoms with Crippen LogP contribution in [0.2, 0.25) is 5.15 Å². The fraction of sp³-hybridized carbons (Fsp3) is 0.444. The van der Waals surface area contributed by atoms with Crippen molar-refractivity contribution in [3.05, 3.63) is 34.6 Å². The second kappa shape index (κ2) is 8.76. The molecule has 2 heterocycles. The zero-order valence-electron chi connectivity index (χ0n) is 15.0. The van der Waals surface area contributed by atoms with Gasteiger partial charge >= 0.3 is 0 Å². The van der Waals surface area contributed by atoms with E-state index in [0.717, 1.165) is 18.4 Å². The van der Waals surface area contributed by atoms with Crippen molar-refractivity contribution in [2.45, 2.75) is 46.0 Å². The van der Waals surface area contributed by atoms with Crippen LogP contribution < -0.4 is 10.1 Å². The van der Waals surface area contributed by atoms with Gasteiger partial charge < -0.3 is 10.1 Å². The molecular formula is C18H23ClN4O2. The predicted octanol–water partition coefficient (Wildman–Crippen LogP) is 4.77. The van der Waals surface area contributed by atoms with E-state index in [-0.39, 0.29) is 16.6 Å². The highest BCUT2D eigenvalue weighted by atomic mass is 35.5. The predicted molar refractivity (Wildman–Crippen MR) is 99.1 cm³/mol. The average Bonchev–Trinajstić information content (AvgIpc) is 2.59. The number of nitrogens with one attached hydrogen (secondary N) is 1. The lowest BCUT2D eigenvalue weighted by atomic mass is 10.1. The maximum atomic E-state index is 12.4. The Bertz CT molecular complexity index is 750. The minimum atomic E-state index is -0.0701. The number of rotatable bonds is 8. The monoisotopic (exact) mass is 362 g/mol. The van der Waals surface area contributed by atoms with Gasteiger partial charge in [0.05, 0.1) is 12.8 Å². The Balaban J connectivity index is 2.33. The lowest BCUT2D eigenvalue weighted by Crippen LogP contribution is -2.09. The summed E-state index contributed by atoms with van der Waals surface area (Å²) in [7, 11) is 1.59. The van der Waals surface area contributed by atoms with Gasteiger partial charge in [-0.25, -0.2) is 0 Å². The van der Waals surface area contributed by atoms with Gasteiger partial charge in [0.15, 0.2) is 16.6 Å². The van der Waals surface area contributed by atoms with Crippen molar-refractivity contribution in [1.29, 1.82) is 0 Å². The van der Waals surface area contributed by atoms with E-state index < -0.39 is 0 Å². The number of nitrogens with zero attached hydrogens (tertiary/aromatic N) is 3. The third-order valence-corrected chi connectivity index (χ3v) is 3.94. The third-order valence-electron chi connectivity index (χ3n) is 3.75. The molecule has 0 atom stereocenters. The summed E-state index contributed by atoms with van der Waals surface area (Å²) in [5.74, 6) is 1.32. The molecular weight excluding hydrogens is 340 g/mol. The molecule has 0 aliphatic rings. The highest BCUT2D eigenvalue weighted by molar-refractivity contribution is 6.29. The molecule has 2 aromatic heterocycles. The SMILES string of the molecule is CCCCC(=O)c1nnc(Cl)cc1Nc1ccc(C(C)C)c(OC)n1. The average molecular weight is 363 g/mol. The normalized spacial score (nSPS) is 10.8. The number of hydrogen-bond acceptors (Lipinski definition) is 6. The second-order valence-electron chi connectivity index (χ2n) is 6.03. The van der Waals surface area contributed by atoms with Gasteiger partial charge in [-0.3, -0.25) is 4.79 Å². The molecule has 2 aromatic rings.